The van der Waals surface area contributed by atoms with Crippen molar-refractivity contribution >= 4 is 17.5 Å². The molecule has 112 valence electrons. The van der Waals surface area contributed by atoms with Crippen LogP contribution in [0, 0.1) is 0 Å². The first-order valence-electron chi connectivity index (χ1n) is 7.02. The second-order valence-corrected chi connectivity index (χ2v) is 6.68. The molecule has 0 saturated heterocycles. The van der Waals surface area contributed by atoms with Crippen LogP contribution in [0.1, 0.15) is 46.1 Å². The molecule has 0 bridgehead atoms. The molecule has 0 aliphatic rings. The van der Waals surface area contributed by atoms with Gasteiger partial charge < -0.3 is 11.1 Å². The fraction of sp³-hybridized carbons (Fsp3) is 0.562. The Morgan fingerprint density at radius 2 is 2.00 bits per heavy atom. The molecule has 1 aromatic carbocycles. The van der Waals surface area contributed by atoms with Crippen molar-refractivity contribution in [1.82, 2.24) is 5.32 Å². The van der Waals surface area contributed by atoms with Crippen LogP contribution in [0.4, 0.5) is 0 Å². The minimum atomic E-state index is -0.806. The van der Waals surface area contributed by atoms with Gasteiger partial charge in [0.2, 0.25) is 5.91 Å². The number of hydrogen-bond donors (Lipinski definition) is 2. The smallest absolute Gasteiger partial charge is 0.239 e. The fourth-order valence-electron chi connectivity index (χ4n) is 2.15. The van der Waals surface area contributed by atoms with Crippen LogP contribution in [-0.2, 0) is 10.2 Å². The van der Waals surface area contributed by atoms with Gasteiger partial charge in [-0.05, 0) is 31.0 Å². The summed E-state index contributed by atoms with van der Waals surface area (Å²) in [5, 5.41) is 3.66. The first kappa shape index (κ1) is 17.0. The van der Waals surface area contributed by atoms with Crippen LogP contribution in [-0.4, -0.2) is 18.0 Å². The number of carbonyl (C=O) groups excluding carboxylic acids is 1. The highest BCUT2D eigenvalue weighted by Crippen LogP contribution is 2.25. The van der Waals surface area contributed by atoms with Gasteiger partial charge in [-0.1, -0.05) is 50.9 Å². The highest BCUT2D eigenvalue weighted by Gasteiger charge is 2.29. The van der Waals surface area contributed by atoms with Crippen molar-refractivity contribution in [3.05, 3.63) is 34.9 Å². The first-order chi connectivity index (χ1) is 9.19. The lowest BCUT2D eigenvalue weighted by Gasteiger charge is -2.29. The van der Waals surface area contributed by atoms with E-state index in [0.29, 0.717) is 18.0 Å². The van der Waals surface area contributed by atoms with Crippen molar-refractivity contribution in [2.24, 2.45) is 5.73 Å². The number of halogens is 1. The summed E-state index contributed by atoms with van der Waals surface area (Å²) in [4.78, 5) is 12.1. The zero-order valence-electron chi connectivity index (χ0n) is 12.8. The molecule has 0 heterocycles. The third-order valence-corrected chi connectivity index (χ3v) is 3.82. The average Bonchev–Trinajstić information content (AvgIpc) is 2.36. The lowest BCUT2D eigenvalue weighted by Crippen LogP contribution is -2.53. The molecule has 0 fully saturated rings. The predicted octanol–water partition coefficient (Wildman–Crippen LogP) is 3.25. The number of nitrogens with one attached hydrogen (secondary N) is 1. The molecule has 3 nitrogen and oxygen atoms in total. The van der Waals surface area contributed by atoms with E-state index in [2.05, 4.69) is 19.2 Å². The van der Waals surface area contributed by atoms with Gasteiger partial charge in [0.05, 0.1) is 5.54 Å². The maximum Gasteiger partial charge on any atom is 0.239 e. The normalized spacial score (nSPS) is 14.7. The molecule has 1 amide bonds. The number of hydrogen-bond acceptors (Lipinski definition) is 2. The summed E-state index contributed by atoms with van der Waals surface area (Å²) in [5.41, 5.74) is 6.13. The Morgan fingerprint density at radius 1 is 1.35 bits per heavy atom. The number of rotatable bonds is 6. The third kappa shape index (κ3) is 4.50. The summed E-state index contributed by atoms with van der Waals surface area (Å²) in [7, 11) is 0. The minimum absolute atomic E-state index is 0.102. The highest BCUT2D eigenvalue weighted by atomic mass is 35.5. The maximum atomic E-state index is 12.1. The van der Waals surface area contributed by atoms with E-state index in [-0.39, 0.29) is 11.3 Å². The molecule has 0 aromatic heterocycles. The van der Waals surface area contributed by atoms with Gasteiger partial charge >= 0.3 is 0 Å². The molecule has 0 saturated carbocycles. The van der Waals surface area contributed by atoms with Crippen molar-refractivity contribution in [1.29, 1.82) is 0 Å². The quantitative estimate of drug-likeness (QED) is 0.846. The van der Waals surface area contributed by atoms with Crippen LogP contribution >= 0.6 is 11.6 Å². The largest absolute Gasteiger partial charge is 0.354 e. The van der Waals surface area contributed by atoms with Gasteiger partial charge in [0, 0.05) is 17.0 Å². The van der Waals surface area contributed by atoms with Gasteiger partial charge in [0.25, 0.3) is 0 Å². The van der Waals surface area contributed by atoms with Gasteiger partial charge in [0.15, 0.2) is 0 Å². The van der Waals surface area contributed by atoms with Crippen LogP contribution < -0.4 is 11.1 Å². The minimum Gasteiger partial charge on any atom is -0.354 e. The number of nitrogens with two attached hydrogens (primary N) is 1. The molecule has 20 heavy (non-hydrogen) atoms. The van der Waals surface area contributed by atoms with E-state index >= 15 is 0 Å². The average molecular weight is 297 g/mol. The standard InChI is InChI=1S/C16H25ClN2O/c1-5-9-16(4,18)14(20)19-11-15(2,3)12-7-6-8-13(17)10-12/h6-8,10H,5,9,11,18H2,1-4H3,(H,19,20). The Bertz CT molecular complexity index is 469. The number of amides is 1. The van der Waals surface area contributed by atoms with Gasteiger partial charge in [-0.15, -0.1) is 0 Å². The van der Waals surface area contributed by atoms with Crippen LogP contribution in [0.25, 0.3) is 0 Å². The van der Waals surface area contributed by atoms with E-state index in [4.69, 9.17) is 17.3 Å². The summed E-state index contributed by atoms with van der Waals surface area (Å²) in [6.45, 7) is 8.48. The molecule has 0 radical (unpaired) electrons. The van der Waals surface area contributed by atoms with Crippen molar-refractivity contribution < 1.29 is 4.79 Å². The zero-order valence-corrected chi connectivity index (χ0v) is 13.6. The predicted molar refractivity (Wildman–Crippen MR) is 85.0 cm³/mol. The molecular weight excluding hydrogens is 272 g/mol. The number of carbonyl (C=O) groups is 1. The molecule has 0 spiro atoms. The van der Waals surface area contributed by atoms with E-state index in [1.807, 2.05) is 31.2 Å². The Kier molecular flexibility index (Phi) is 5.60. The van der Waals surface area contributed by atoms with Gasteiger partial charge in [-0.2, -0.15) is 0 Å². The summed E-state index contributed by atoms with van der Waals surface area (Å²) >= 11 is 6.02. The van der Waals surface area contributed by atoms with E-state index in [1.54, 1.807) is 6.92 Å². The van der Waals surface area contributed by atoms with E-state index < -0.39 is 5.54 Å². The van der Waals surface area contributed by atoms with E-state index in [1.165, 1.54) is 0 Å². The molecule has 1 rings (SSSR count). The zero-order chi connectivity index (χ0) is 15.4. The van der Waals surface area contributed by atoms with E-state index in [9.17, 15) is 4.79 Å². The fourth-order valence-corrected chi connectivity index (χ4v) is 2.34. The van der Waals surface area contributed by atoms with Gasteiger partial charge in [-0.25, -0.2) is 0 Å². The summed E-state index contributed by atoms with van der Waals surface area (Å²) < 4.78 is 0. The first-order valence-corrected chi connectivity index (χ1v) is 7.40. The van der Waals surface area contributed by atoms with Crippen molar-refractivity contribution in [2.45, 2.75) is 51.5 Å². The van der Waals surface area contributed by atoms with Gasteiger partial charge in [0.1, 0.15) is 0 Å². The monoisotopic (exact) mass is 296 g/mol. The Hall–Kier alpha value is -1.06. The second kappa shape index (κ2) is 6.59. The molecular formula is C16H25ClN2O. The topological polar surface area (TPSA) is 55.1 Å². The maximum absolute atomic E-state index is 12.1. The van der Waals surface area contributed by atoms with Gasteiger partial charge in [-0.3, -0.25) is 4.79 Å². The Balaban J connectivity index is 2.71. The van der Waals surface area contributed by atoms with Crippen LogP contribution in [0.2, 0.25) is 5.02 Å². The third-order valence-electron chi connectivity index (χ3n) is 3.59. The number of benzene rings is 1. The van der Waals surface area contributed by atoms with Crippen LogP contribution in [0.3, 0.4) is 0 Å². The van der Waals surface area contributed by atoms with Crippen LogP contribution in [0.5, 0.6) is 0 Å². The lowest BCUT2D eigenvalue weighted by molar-refractivity contribution is -0.126. The van der Waals surface area contributed by atoms with E-state index in [0.717, 1.165) is 12.0 Å². The Labute approximate surface area is 126 Å². The lowest BCUT2D eigenvalue weighted by atomic mass is 9.84. The highest BCUT2D eigenvalue weighted by molar-refractivity contribution is 6.30. The van der Waals surface area contributed by atoms with Crippen molar-refractivity contribution in [3.8, 4) is 0 Å². The molecule has 1 atom stereocenters. The van der Waals surface area contributed by atoms with Crippen molar-refractivity contribution in [2.75, 3.05) is 6.54 Å². The molecule has 0 aliphatic heterocycles. The van der Waals surface area contributed by atoms with Crippen LogP contribution in [0.15, 0.2) is 24.3 Å². The SMILES string of the molecule is CCCC(C)(N)C(=O)NCC(C)(C)c1cccc(Cl)c1. The molecule has 1 unspecified atom stereocenters. The molecule has 3 N–H and O–H groups in total. The summed E-state index contributed by atoms with van der Waals surface area (Å²) in [6, 6.07) is 7.72. The van der Waals surface area contributed by atoms with Crippen molar-refractivity contribution in [3.63, 3.8) is 0 Å². The molecule has 1 aromatic rings. The molecule has 0 aliphatic carbocycles. The Morgan fingerprint density at radius 3 is 2.55 bits per heavy atom. The second-order valence-electron chi connectivity index (χ2n) is 6.24. The molecule has 4 heteroatoms. The summed E-state index contributed by atoms with van der Waals surface area (Å²) in [5.74, 6) is -0.102. The summed E-state index contributed by atoms with van der Waals surface area (Å²) in [6.07, 6.45) is 1.56.